The van der Waals surface area contributed by atoms with E-state index in [1.54, 1.807) is 12.4 Å². The smallest absolute Gasteiger partial charge is 0.138 e. The van der Waals surface area contributed by atoms with E-state index in [-0.39, 0.29) is 0 Å². The molecule has 0 aliphatic heterocycles. The van der Waals surface area contributed by atoms with Gasteiger partial charge >= 0.3 is 0 Å². The van der Waals surface area contributed by atoms with Crippen molar-refractivity contribution >= 4 is 64.8 Å². The van der Waals surface area contributed by atoms with Crippen LogP contribution in [0.2, 0.25) is 0 Å². The molecule has 0 aliphatic carbocycles. The van der Waals surface area contributed by atoms with Crippen LogP contribution in [-0.4, -0.2) is 17.0 Å². The number of aromatic nitrogens is 2. The van der Waals surface area contributed by atoms with Gasteiger partial charge in [0.25, 0.3) is 0 Å². The zero-order valence-electron chi connectivity index (χ0n) is 52.4. The molecule has 0 saturated carbocycles. The fraction of sp³-hybridized carbons (Fsp3) is 0.0952. The Bertz CT molecular complexity index is 4120. The molecule has 4 heterocycles. The molecule has 0 aliphatic rings. The fourth-order valence-electron chi connectivity index (χ4n) is 9.56. The molecule has 0 saturated heterocycles. The Labute approximate surface area is 531 Å². The molecule has 0 atom stereocenters. The van der Waals surface area contributed by atoms with Gasteiger partial charge in [0.05, 0.1) is 0 Å². The number of thiophene rings is 1. The Balaban J connectivity index is 0.000000133. The molecule has 0 unspecified atom stereocenters. The fourth-order valence-corrected chi connectivity index (χ4v) is 10.7. The SMILES string of the molecule is CN(c1ccccc1)c1ccccc1.Cc1cccc(-c2ccccc2)c1.Cc1cccc(-c2cccnc2)c1.Cc1cccc2c1oc1ccccc12.Cc1cccc2c1sc1ccccc12.Cc1ccccc1.Cc1ccccc1.Cc1cccnc1. The van der Waals surface area contributed by atoms with E-state index in [0.29, 0.717) is 0 Å². The van der Waals surface area contributed by atoms with Gasteiger partial charge in [0.2, 0.25) is 0 Å². The number of anilines is 2. The summed E-state index contributed by atoms with van der Waals surface area (Å²) in [6.07, 6.45) is 7.28. The number of fused-ring (bicyclic) bond motifs is 6. The first-order valence-electron chi connectivity index (χ1n) is 30.1. The van der Waals surface area contributed by atoms with Crippen LogP contribution in [-0.2, 0) is 0 Å². The van der Waals surface area contributed by atoms with Gasteiger partial charge in [0, 0.05) is 74.2 Å². The number of benzene rings is 11. The van der Waals surface area contributed by atoms with Gasteiger partial charge < -0.3 is 9.32 Å². The first-order chi connectivity index (χ1) is 43.5. The second kappa shape index (κ2) is 34.6. The van der Waals surface area contributed by atoms with Gasteiger partial charge in [-0.1, -0.05) is 283 Å². The van der Waals surface area contributed by atoms with E-state index in [4.69, 9.17) is 4.42 Å². The minimum absolute atomic E-state index is 0.969. The highest BCUT2D eigenvalue weighted by Gasteiger charge is 2.08. The predicted molar refractivity (Wildman–Crippen MR) is 386 cm³/mol. The summed E-state index contributed by atoms with van der Waals surface area (Å²) < 4.78 is 8.59. The molecule has 0 spiro atoms. The number of para-hydroxylation sites is 4. The molecule has 0 N–H and O–H groups in total. The lowest BCUT2D eigenvalue weighted by Crippen LogP contribution is -2.08. The van der Waals surface area contributed by atoms with Crippen molar-refractivity contribution in [3.05, 3.63) is 373 Å². The predicted octanol–water partition coefficient (Wildman–Crippen LogP) is 23.8. The standard InChI is InChI=1S/C13H13N.C13H10O.C13H10S.C13H12.C12H11N.2C7H8.C6H7N/c1-14(12-8-4-2-5-9-12)13-10-6-3-7-11-13;2*1-9-5-4-7-11-10-6-2-3-8-12(10)14-13(9)11;1-11-6-5-9-13(10-11)12-7-3-2-4-8-12;1-10-4-2-5-11(8-10)12-6-3-7-13-9-12;2*1-7-5-3-2-4-6-7;1-6-3-2-4-7-5-6/h2-11H,1H3;2*2-8H,1H3;2-10H,1H3;2-9H,1H3;2*2-6H,1H3;2-5H,1H3. The third-order valence-electron chi connectivity index (χ3n) is 14.3. The highest BCUT2D eigenvalue weighted by molar-refractivity contribution is 7.26. The van der Waals surface area contributed by atoms with E-state index < -0.39 is 0 Å². The highest BCUT2D eigenvalue weighted by atomic mass is 32.1. The van der Waals surface area contributed by atoms with Gasteiger partial charge in [-0.2, -0.15) is 0 Å². The third-order valence-corrected chi connectivity index (χ3v) is 15.6. The van der Waals surface area contributed by atoms with Gasteiger partial charge in [0.15, 0.2) is 0 Å². The zero-order valence-corrected chi connectivity index (χ0v) is 53.2. The van der Waals surface area contributed by atoms with Crippen molar-refractivity contribution < 1.29 is 4.42 Å². The van der Waals surface area contributed by atoms with E-state index in [2.05, 4.69) is 282 Å². The van der Waals surface area contributed by atoms with Crippen LogP contribution in [0.3, 0.4) is 0 Å². The van der Waals surface area contributed by atoms with E-state index in [1.807, 2.05) is 122 Å². The molecule has 0 amide bonds. The number of hydrogen-bond donors (Lipinski definition) is 0. The summed E-state index contributed by atoms with van der Waals surface area (Å²) in [5.74, 6) is 0. The molecule has 15 aromatic rings. The molecule has 15 rings (SSSR count). The average molecular weight is 1180 g/mol. The Morgan fingerprint density at radius 3 is 1.20 bits per heavy atom. The van der Waals surface area contributed by atoms with Gasteiger partial charge in [-0.05, 0) is 136 Å². The normalized spacial score (nSPS) is 10.0. The monoisotopic (exact) mass is 1180 g/mol. The van der Waals surface area contributed by atoms with E-state index in [0.717, 1.165) is 11.2 Å². The maximum Gasteiger partial charge on any atom is 0.138 e. The Hall–Kier alpha value is -10.5. The van der Waals surface area contributed by atoms with Crippen LogP contribution in [0.5, 0.6) is 0 Å². The summed E-state index contributed by atoms with van der Waals surface area (Å²) in [4.78, 5) is 10.1. The number of rotatable bonds is 4. The topological polar surface area (TPSA) is 42.2 Å². The van der Waals surface area contributed by atoms with Crippen LogP contribution in [0.4, 0.5) is 11.4 Å². The number of hydrogen-bond acceptors (Lipinski definition) is 5. The summed E-state index contributed by atoms with van der Waals surface area (Å²) >= 11 is 1.89. The molecule has 0 radical (unpaired) electrons. The third kappa shape index (κ3) is 20.3. The highest BCUT2D eigenvalue weighted by Crippen LogP contribution is 2.35. The average Bonchev–Trinajstić information content (AvgIpc) is 2.08. The van der Waals surface area contributed by atoms with Gasteiger partial charge in [-0.25, -0.2) is 0 Å². The Morgan fingerprint density at radius 2 is 0.708 bits per heavy atom. The van der Waals surface area contributed by atoms with Gasteiger partial charge in [-0.15, -0.1) is 11.3 Å². The number of pyridine rings is 2. The quantitative estimate of drug-likeness (QED) is 0.176. The molecule has 5 heteroatoms. The van der Waals surface area contributed by atoms with Gasteiger partial charge in [-0.3, -0.25) is 9.97 Å². The van der Waals surface area contributed by atoms with Crippen LogP contribution in [0.1, 0.15) is 38.9 Å². The minimum Gasteiger partial charge on any atom is -0.456 e. The van der Waals surface area contributed by atoms with Crippen molar-refractivity contribution in [1.29, 1.82) is 0 Å². The maximum atomic E-state index is 5.78. The van der Waals surface area contributed by atoms with Crippen molar-refractivity contribution in [3.63, 3.8) is 0 Å². The molecule has 0 bridgehead atoms. The lowest BCUT2D eigenvalue weighted by atomic mass is 10.0. The second-order valence-corrected chi connectivity index (χ2v) is 22.6. The van der Waals surface area contributed by atoms with Gasteiger partial charge in [0.1, 0.15) is 11.2 Å². The molecular weight excluding hydrogens is 1100 g/mol. The first kappa shape index (κ1) is 64.5. The van der Waals surface area contributed by atoms with Crippen molar-refractivity contribution in [1.82, 2.24) is 9.97 Å². The minimum atomic E-state index is 0.969. The molecule has 0 fully saturated rings. The van der Waals surface area contributed by atoms with E-state index >= 15 is 0 Å². The van der Waals surface area contributed by atoms with Crippen LogP contribution < -0.4 is 4.90 Å². The lowest BCUT2D eigenvalue weighted by molar-refractivity contribution is 0.666. The molecular formula is C84H79N3OS. The molecule has 4 aromatic heterocycles. The Morgan fingerprint density at radius 1 is 0.303 bits per heavy atom. The molecule has 4 nitrogen and oxygen atoms in total. The van der Waals surface area contributed by atoms with Crippen LogP contribution in [0.15, 0.2) is 339 Å². The molecule has 89 heavy (non-hydrogen) atoms. The van der Waals surface area contributed by atoms with Crippen molar-refractivity contribution in [3.8, 4) is 22.3 Å². The maximum absolute atomic E-state index is 5.78. The summed E-state index contributed by atoms with van der Waals surface area (Å²) in [5.41, 5.74) is 18.4. The van der Waals surface area contributed by atoms with E-state index in [1.165, 1.54) is 104 Å². The van der Waals surface area contributed by atoms with Crippen molar-refractivity contribution in [2.24, 2.45) is 0 Å². The van der Waals surface area contributed by atoms with Crippen LogP contribution in [0.25, 0.3) is 64.4 Å². The Kier molecular flexibility index (Phi) is 25.1. The number of nitrogens with zero attached hydrogens (tertiary/aromatic N) is 3. The van der Waals surface area contributed by atoms with Crippen LogP contribution >= 0.6 is 11.3 Å². The van der Waals surface area contributed by atoms with E-state index in [9.17, 15) is 0 Å². The van der Waals surface area contributed by atoms with Crippen molar-refractivity contribution in [2.45, 2.75) is 48.5 Å². The lowest BCUT2D eigenvalue weighted by Gasteiger charge is -2.18. The summed E-state index contributed by atoms with van der Waals surface area (Å²) in [5, 5.41) is 5.19. The summed E-state index contributed by atoms with van der Waals surface area (Å²) in [7, 11) is 2.07. The van der Waals surface area contributed by atoms with Crippen LogP contribution in [0, 0.1) is 48.5 Å². The molecule has 11 aromatic carbocycles. The summed E-state index contributed by atoms with van der Waals surface area (Å²) in [6, 6.07) is 106. The zero-order chi connectivity index (χ0) is 62.4. The first-order valence-corrected chi connectivity index (χ1v) is 30.9. The van der Waals surface area contributed by atoms with Crippen molar-refractivity contribution in [2.75, 3.05) is 11.9 Å². The molecule has 442 valence electrons. The number of furan rings is 1. The summed E-state index contributed by atoms with van der Waals surface area (Å²) in [6.45, 7) is 14.7. The number of aryl methyl sites for hydroxylation is 7. The second-order valence-electron chi connectivity index (χ2n) is 21.5. The largest absolute Gasteiger partial charge is 0.456 e.